The third-order valence-corrected chi connectivity index (χ3v) is 3.73. The van der Waals surface area contributed by atoms with Gasteiger partial charge in [-0.05, 0) is 29.0 Å². The van der Waals surface area contributed by atoms with Gasteiger partial charge in [0, 0.05) is 17.1 Å². The van der Waals surface area contributed by atoms with Crippen molar-refractivity contribution in [3.63, 3.8) is 0 Å². The van der Waals surface area contributed by atoms with Gasteiger partial charge in [-0.25, -0.2) is 4.98 Å². The van der Waals surface area contributed by atoms with Crippen LogP contribution < -0.4 is 0 Å². The third kappa shape index (κ3) is 2.33. The maximum atomic E-state index is 5.99. The number of hydrogen-bond donors (Lipinski definition) is 1. The highest BCUT2D eigenvalue weighted by molar-refractivity contribution is 6.31. The zero-order valence-electron chi connectivity index (χ0n) is 11.4. The zero-order valence-corrected chi connectivity index (χ0v) is 12.2. The van der Waals surface area contributed by atoms with Crippen LogP contribution in [0.5, 0.6) is 0 Å². The van der Waals surface area contributed by atoms with E-state index in [0.717, 1.165) is 23.1 Å². The Bertz CT molecular complexity index is 911. The summed E-state index contributed by atoms with van der Waals surface area (Å²) in [5, 5.41) is 14.6. The molecule has 0 aliphatic carbocycles. The van der Waals surface area contributed by atoms with Gasteiger partial charge < -0.3 is 4.57 Å². The Hall–Kier alpha value is -2.73. The number of hydrogen-bond acceptors (Lipinski definition) is 4. The van der Waals surface area contributed by atoms with Crippen molar-refractivity contribution >= 4 is 22.6 Å². The molecule has 0 amide bonds. The number of nitrogens with zero attached hydrogens (tertiary/aromatic N) is 5. The van der Waals surface area contributed by atoms with Gasteiger partial charge >= 0.3 is 0 Å². The van der Waals surface area contributed by atoms with Crippen LogP contribution in [-0.2, 0) is 6.54 Å². The van der Waals surface area contributed by atoms with Crippen LogP contribution in [0.15, 0.2) is 48.8 Å². The maximum Gasteiger partial charge on any atom is 0.204 e. The molecule has 1 N–H and O–H groups in total. The summed E-state index contributed by atoms with van der Waals surface area (Å²) in [6.07, 6.45) is 1.83. The van der Waals surface area contributed by atoms with Crippen molar-refractivity contribution in [3.8, 4) is 11.4 Å². The molecule has 0 radical (unpaired) electrons. The molecule has 2 aromatic heterocycles. The summed E-state index contributed by atoms with van der Waals surface area (Å²) >= 11 is 5.99. The molecule has 22 heavy (non-hydrogen) atoms. The smallest absolute Gasteiger partial charge is 0.204 e. The van der Waals surface area contributed by atoms with Crippen LogP contribution in [0.4, 0.5) is 0 Å². The Morgan fingerprint density at radius 2 is 1.95 bits per heavy atom. The average Bonchev–Trinajstić information content (AvgIpc) is 3.18. The molecule has 7 heteroatoms. The fraction of sp³-hybridized carbons (Fsp3) is 0.0667. The SMILES string of the molecule is Clc1ccc2c(c1)ncn2Cc1ccc(-c2nn[nH]n2)cc1. The lowest BCUT2D eigenvalue weighted by Crippen LogP contribution is -1.97. The van der Waals surface area contributed by atoms with Crippen LogP contribution >= 0.6 is 11.6 Å². The highest BCUT2D eigenvalue weighted by atomic mass is 35.5. The molecule has 0 saturated carbocycles. The minimum absolute atomic E-state index is 0.592. The van der Waals surface area contributed by atoms with E-state index in [-0.39, 0.29) is 0 Å². The number of halogens is 1. The van der Waals surface area contributed by atoms with E-state index in [1.54, 1.807) is 0 Å². The van der Waals surface area contributed by atoms with E-state index >= 15 is 0 Å². The fourth-order valence-electron chi connectivity index (χ4n) is 2.40. The lowest BCUT2D eigenvalue weighted by Gasteiger charge is -2.05. The number of rotatable bonds is 3. The molecule has 0 aliphatic heterocycles. The fourth-order valence-corrected chi connectivity index (χ4v) is 2.57. The first-order valence-corrected chi connectivity index (χ1v) is 7.10. The number of aromatic amines is 1. The molecule has 0 atom stereocenters. The van der Waals surface area contributed by atoms with Gasteiger partial charge in [-0.2, -0.15) is 5.21 Å². The molecule has 0 saturated heterocycles. The third-order valence-electron chi connectivity index (χ3n) is 3.49. The highest BCUT2D eigenvalue weighted by Gasteiger charge is 2.06. The summed E-state index contributed by atoms with van der Waals surface area (Å²) in [6, 6.07) is 13.8. The van der Waals surface area contributed by atoms with Gasteiger partial charge in [-0.1, -0.05) is 35.9 Å². The number of tetrazole rings is 1. The van der Waals surface area contributed by atoms with Crippen molar-refractivity contribution in [2.24, 2.45) is 0 Å². The van der Waals surface area contributed by atoms with Crippen molar-refractivity contribution in [1.29, 1.82) is 0 Å². The summed E-state index contributed by atoms with van der Waals surface area (Å²) in [6.45, 7) is 0.741. The molecule has 2 heterocycles. The van der Waals surface area contributed by atoms with E-state index in [9.17, 15) is 0 Å². The van der Waals surface area contributed by atoms with Crippen LogP contribution in [0, 0.1) is 0 Å². The Morgan fingerprint density at radius 1 is 1.09 bits per heavy atom. The van der Waals surface area contributed by atoms with Gasteiger partial charge in [0.05, 0.1) is 17.4 Å². The molecule has 4 aromatic rings. The molecular formula is C15H11ClN6. The molecule has 0 fully saturated rings. The van der Waals surface area contributed by atoms with Crippen molar-refractivity contribution < 1.29 is 0 Å². The average molecular weight is 311 g/mol. The van der Waals surface area contributed by atoms with E-state index in [1.807, 2.05) is 48.8 Å². The second-order valence-corrected chi connectivity index (χ2v) is 5.37. The van der Waals surface area contributed by atoms with E-state index in [1.165, 1.54) is 5.56 Å². The lowest BCUT2D eigenvalue weighted by atomic mass is 10.1. The summed E-state index contributed by atoms with van der Waals surface area (Å²) in [7, 11) is 0. The van der Waals surface area contributed by atoms with Crippen LogP contribution in [0.25, 0.3) is 22.4 Å². The lowest BCUT2D eigenvalue weighted by molar-refractivity contribution is 0.824. The maximum absolute atomic E-state index is 5.99. The first-order chi connectivity index (χ1) is 10.8. The monoisotopic (exact) mass is 310 g/mol. The number of imidazole rings is 1. The van der Waals surface area contributed by atoms with Gasteiger partial charge in [-0.3, -0.25) is 0 Å². The molecule has 0 aliphatic rings. The minimum Gasteiger partial charge on any atom is -0.326 e. The van der Waals surface area contributed by atoms with Gasteiger partial charge in [-0.15, -0.1) is 10.2 Å². The Balaban J connectivity index is 1.62. The molecule has 6 nitrogen and oxygen atoms in total. The summed E-state index contributed by atoms with van der Waals surface area (Å²) < 4.78 is 2.09. The van der Waals surface area contributed by atoms with E-state index in [4.69, 9.17) is 11.6 Å². The molecule has 0 unspecified atom stereocenters. The number of nitrogens with one attached hydrogen (secondary N) is 1. The van der Waals surface area contributed by atoms with Crippen molar-refractivity contribution in [2.45, 2.75) is 6.54 Å². The molecule has 0 spiro atoms. The number of benzene rings is 2. The summed E-state index contributed by atoms with van der Waals surface area (Å²) in [4.78, 5) is 4.38. The van der Waals surface area contributed by atoms with Crippen molar-refractivity contribution in [1.82, 2.24) is 30.2 Å². The first kappa shape index (κ1) is 13.0. The first-order valence-electron chi connectivity index (χ1n) is 6.73. The van der Waals surface area contributed by atoms with Crippen molar-refractivity contribution in [3.05, 3.63) is 59.4 Å². The summed E-state index contributed by atoms with van der Waals surface area (Å²) in [5.74, 6) is 0.592. The second-order valence-electron chi connectivity index (χ2n) is 4.94. The summed E-state index contributed by atoms with van der Waals surface area (Å²) in [5.41, 5.74) is 4.06. The van der Waals surface area contributed by atoms with Gasteiger partial charge in [0.1, 0.15) is 0 Å². The van der Waals surface area contributed by atoms with E-state index < -0.39 is 0 Å². The molecule has 2 aromatic carbocycles. The van der Waals surface area contributed by atoms with E-state index in [0.29, 0.717) is 10.8 Å². The van der Waals surface area contributed by atoms with Crippen LogP contribution in [0.3, 0.4) is 0 Å². The molecule has 0 bridgehead atoms. The molecular weight excluding hydrogens is 300 g/mol. The van der Waals surface area contributed by atoms with Gasteiger partial charge in [0.25, 0.3) is 0 Å². The predicted octanol–water partition coefficient (Wildman–Crippen LogP) is 2.92. The largest absolute Gasteiger partial charge is 0.326 e. The van der Waals surface area contributed by atoms with Gasteiger partial charge in [0.15, 0.2) is 0 Å². The number of aromatic nitrogens is 6. The minimum atomic E-state index is 0.592. The number of H-pyrrole nitrogens is 1. The van der Waals surface area contributed by atoms with Crippen LogP contribution in [-0.4, -0.2) is 30.2 Å². The Kier molecular flexibility index (Phi) is 3.08. The second kappa shape index (κ2) is 5.23. The Morgan fingerprint density at radius 3 is 2.73 bits per heavy atom. The normalized spacial score (nSPS) is 11.1. The molecule has 108 valence electrons. The predicted molar refractivity (Wildman–Crippen MR) is 83.5 cm³/mol. The van der Waals surface area contributed by atoms with E-state index in [2.05, 4.69) is 30.2 Å². The standard InChI is InChI=1S/C15H11ClN6/c16-12-5-6-14-13(7-12)17-9-22(14)8-10-1-3-11(4-2-10)15-18-20-21-19-15/h1-7,9H,8H2,(H,18,19,20,21). The van der Waals surface area contributed by atoms with Crippen molar-refractivity contribution in [2.75, 3.05) is 0 Å². The highest BCUT2D eigenvalue weighted by Crippen LogP contribution is 2.20. The quantitative estimate of drug-likeness (QED) is 0.631. The topological polar surface area (TPSA) is 72.3 Å². The zero-order chi connectivity index (χ0) is 14.9. The Labute approximate surface area is 130 Å². The van der Waals surface area contributed by atoms with Crippen LogP contribution in [0.1, 0.15) is 5.56 Å². The number of fused-ring (bicyclic) bond motifs is 1. The molecule has 4 rings (SSSR count). The van der Waals surface area contributed by atoms with Gasteiger partial charge in [0.2, 0.25) is 5.82 Å². The van der Waals surface area contributed by atoms with Crippen LogP contribution in [0.2, 0.25) is 5.02 Å².